The summed E-state index contributed by atoms with van der Waals surface area (Å²) in [6, 6.07) is 15.9. The van der Waals surface area contributed by atoms with Crippen LogP contribution in [-0.2, 0) is 14.8 Å². The lowest BCUT2D eigenvalue weighted by Gasteiger charge is -2.31. The zero-order valence-electron chi connectivity index (χ0n) is 15.9. The molecule has 0 saturated heterocycles. The first-order chi connectivity index (χ1) is 13.8. The van der Waals surface area contributed by atoms with E-state index in [1.54, 1.807) is 18.2 Å². The van der Waals surface area contributed by atoms with Gasteiger partial charge in [0.2, 0.25) is 5.91 Å². The van der Waals surface area contributed by atoms with E-state index in [9.17, 15) is 17.6 Å². The van der Waals surface area contributed by atoms with Crippen molar-refractivity contribution < 1.29 is 17.6 Å². The number of anilines is 2. The molecule has 1 aliphatic heterocycles. The third-order valence-corrected chi connectivity index (χ3v) is 6.58. The van der Waals surface area contributed by atoms with Gasteiger partial charge in [0.15, 0.2) is 0 Å². The third-order valence-electron chi connectivity index (χ3n) is 4.77. The summed E-state index contributed by atoms with van der Waals surface area (Å²) in [5, 5.41) is 2.76. The number of hydrogen-bond acceptors (Lipinski definition) is 3. The quantitative estimate of drug-likeness (QED) is 0.702. The first kappa shape index (κ1) is 19.1. The molecule has 5 nitrogen and oxygen atoms in total. The molecule has 1 aliphatic rings. The molecule has 0 radical (unpaired) electrons. The van der Waals surface area contributed by atoms with Crippen molar-refractivity contribution in [3.05, 3.63) is 77.6 Å². The van der Waals surface area contributed by atoms with Crippen LogP contribution in [0.15, 0.2) is 65.6 Å². The van der Waals surface area contributed by atoms with E-state index >= 15 is 0 Å². The molecule has 0 aromatic heterocycles. The number of halogens is 1. The number of sulfonamides is 1. The molecule has 29 heavy (non-hydrogen) atoms. The summed E-state index contributed by atoms with van der Waals surface area (Å²) in [6.45, 7) is 3.42. The monoisotopic (exact) mass is 410 g/mol. The Morgan fingerprint density at radius 3 is 2.38 bits per heavy atom. The molecule has 1 amide bonds. The van der Waals surface area contributed by atoms with Gasteiger partial charge in [0.1, 0.15) is 12.4 Å². The predicted octanol–water partition coefficient (Wildman–Crippen LogP) is 4.26. The second kappa shape index (κ2) is 7.00. The molecule has 1 heterocycles. The Morgan fingerprint density at radius 1 is 0.966 bits per heavy atom. The summed E-state index contributed by atoms with van der Waals surface area (Å²) in [7, 11) is -3.96. The van der Waals surface area contributed by atoms with E-state index in [1.807, 2.05) is 32.0 Å². The van der Waals surface area contributed by atoms with Crippen LogP contribution in [0.1, 0.15) is 11.1 Å². The van der Waals surface area contributed by atoms with Crippen molar-refractivity contribution in [3.63, 3.8) is 0 Å². The van der Waals surface area contributed by atoms with Gasteiger partial charge in [-0.1, -0.05) is 24.3 Å². The van der Waals surface area contributed by atoms with Crippen molar-refractivity contribution in [2.75, 3.05) is 16.2 Å². The van der Waals surface area contributed by atoms with Crippen molar-refractivity contribution in [1.82, 2.24) is 0 Å². The molecule has 0 aliphatic carbocycles. The van der Waals surface area contributed by atoms with Crippen LogP contribution in [0.25, 0.3) is 11.1 Å². The van der Waals surface area contributed by atoms with Crippen molar-refractivity contribution >= 4 is 27.3 Å². The van der Waals surface area contributed by atoms with E-state index in [0.717, 1.165) is 15.4 Å². The molecule has 0 spiro atoms. The van der Waals surface area contributed by atoms with Crippen LogP contribution in [0.5, 0.6) is 0 Å². The Morgan fingerprint density at radius 2 is 1.66 bits per heavy atom. The number of aryl methyl sites for hydroxylation is 2. The van der Waals surface area contributed by atoms with Gasteiger partial charge in [-0.3, -0.25) is 9.10 Å². The summed E-state index contributed by atoms with van der Waals surface area (Å²) in [6.07, 6.45) is 0. The minimum Gasteiger partial charge on any atom is -0.324 e. The molecular weight excluding hydrogens is 391 g/mol. The zero-order chi connectivity index (χ0) is 20.8. The van der Waals surface area contributed by atoms with Gasteiger partial charge in [0, 0.05) is 16.8 Å². The van der Waals surface area contributed by atoms with Gasteiger partial charge < -0.3 is 5.32 Å². The van der Waals surface area contributed by atoms with Crippen molar-refractivity contribution in [3.8, 4) is 11.1 Å². The molecule has 148 valence electrons. The van der Waals surface area contributed by atoms with Crippen LogP contribution in [0.3, 0.4) is 0 Å². The first-order valence-corrected chi connectivity index (χ1v) is 10.5. The molecule has 0 unspecified atom stereocenters. The van der Waals surface area contributed by atoms with E-state index in [-0.39, 0.29) is 10.6 Å². The highest BCUT2D eigenvalue weighted by Gasteiger charge is 2.36. The molecule has 0 fully saturated rings. The van der Waals surface area contributed by atoms with Gasteiger partial charge in [-0.2, -0.15) is 0 Å². The van der Waals surface area contributed by atoms with Gasteiger partial charge in [0.05, 0.1) is 10.6 Å². The fourth-order valence-electron chi connectivity index (χ4n) is 3.65. The van der Waals surface area contributed by atoms with Crippen LogP contribution in [0, 0.1) is 19.7 Å². The van der Waals surface area contributed by atoms with Crippen LogP contribution in [-0.4, -0.2) is 20.9 Å². The molecule has 0 bridgehead atoms. The summed E-state index contributed by atoms with van der Waals surface area (Å²) in [4.78, 5) is 12.7. The van der Waals surface area contributed by atoms with Gasteiger partial charge in [0.25, 0.3) is 10.0 Å². The fraction of sp³-hybridized carbons (Fsp3) is 0.136. The van der Waals surface area contributed by atoms with Crippen LogP contribution in [0.4, 0.5) is 15.8 Å². The molecule has 1 N–H and O–H groups in total. The van der Waals surface area contributed by atoms with E-state index in [1.165, 1.54) is 24.3 Å². The van der Waals surface area contributed by atoms with Crippen LogP contribution < -0.4 is 9.62 Å². The minimum absolute atomic E-state index is 0.0531. The second-order valence-corrected chi connectivity index (χ2v) is 8.92. The highest BCUT2D eigenvalue weighted by Crippen LogP contribution is 2.43. The van der Waals surface area contributed by atoms with Crippen LogP contribution in [0.2, 0.25) is 0 Å². The second-order valence-electron chi connectivity index (χ2n) is 7.09. The molecule has 3 aromatic rings. The number of nitrogens with one attached hydrogen (secondary N) is 1. The molecule has 4 rings (SSSR count). The topological polar surface area (TPSA) is 66.5 Å². The average Bonchev–Trinajstić information content (AvgIpc) is 2.64. The average molecular weight is 410 g/mol. The minimum atomic E-state index is -3.96. The number of amides is 1. The van der Waals surface area contributed by atoms with E-state index < -0.39 is 28.3 Å². The van der Waals surface area contributed by atoms with Gasteiger partial charge >= 0.3 is 0 Å². The Hall–Kier alpha value is -3.19. The maximum absolute atomic E-state index is 13.9. The standard InChI is InChI=1S/C22H19FN2O3S/c1-14-9-15(2)11-17(10-14)24-22(26)13-25-20-8-7-16(23)12-19(20)18-5-3-4-6-21(18)29(25,27)28/h3-12H,13H2,1-2H3,(H,24,26). The summed E-state index contributed by atoms with van der Waals surface area (Å²) in [5.74, 6) is -0.953. The van der Waals surface area contributed by atoms with Crippen molar-refractivity contribution in [1.29, 1.82) is 0 Å². The first-order valence-electron chi connectivity index (χ1n) is 9.05. The van der Waals surface area contributed by atoms with Gasteiger partial charge in [-0.05, 0) is 61.4 Å². The Balaban J connectivity index is 1.73. The van der Waals surface area contributed by atoms with E-state index in [4.69, 9.17) is 0 Å². The number of benzene rings is 3. The lowest BCUT2D eigenvalue weighted by molar-refractivity contribution is -0.114. The zero-order valence-corrected chi connectivity index (χ0v) is 16.8. The van der Waals surface area contributed by atoms with Crippen molar-refractivity contribution in [2.45, 2.75) is 18.7 Å². The predicted molar refractivity (Wildman–Crippen MR) is 111 cm³/mol. The van der Waals surface area contributed by atoms with Gasteiger partial charge in [-0.25, -0.2) is 12.8 Å². The number of carbonyl (C=O) groups is 1. The lowest BCUT2D eigenvalue weighted by Crippen LogP contribution is -2.40. The number of fused-ring (bicyclic) bond motifs is 3. The smallest absolute Gasteiger partial charge is 0.265 e. The normalized spacial score (nSPS) is 14.1. The summed E-state index contributed by atoms with van der Waals surface area (Å²) < 4.78 is 41.3. The molecule has 7 heteroatoms. The van der Waals surface area contributed by atoms with Gasteiger partial charge in [-0.15, -0.1) is 0 Å². The largest absolute Gasteiger partial charge is 0.324 e. The summed E-state index contributed by atoms with van der Waals surface area (Å²) in [5.41, 5.74) is 3.71. The molecular formula is C22H19FN2O3S. The third kappa shape index (κ3) is 3.49. The highest BCUT2D eigenvalue weighted by molar-refractivity contribution is 7.93. The van der Waals surface area contributed by atoms with E-state index in [0.29, 0.717) is 16.8 Å². The summed E-state index contributed by atoms with van der Waals surface area (Å²) >= 11 is 0. The maximum Gasteiger partial charge on any atom is 0.265 e. The van der Waals surface area contributed by atoms with Crippen molar-refractivity contribution in [2.24, 2.45) is 0 Å². The fourth-order valence-corrected chi connectivity index (χ4v) is 5.30. The molecule has 3 aromatic carbocycles. The number of hydrogen-bond donors (Lipinski definition) is 1. The number of nitrogens with zero attached hydrogens (tertiary/aromatic N) is 1. The number of rotatable bonds is 3. The maximum atomic E-state index is 13.9. The van der Waals surface area contributed by atoms with E-state index in [2.05, 4.69) is 5.32 Å². The molecule has 0 saturated carbocycles. The lowest BCUT2D eigenvalue weighted by atomic mass is 10.0. The SMILES string of the molecule is Cc1cc(C)cc(NC(=O)CN2c3ccc(F)cc3-c3ccccc3S2(=O)=O)c1. The Bertz CT molecular complexity index is 1220. The Labute approximate surface area is 168 Å². The molecule has 0 atom stereocenters. The Kier molecular flexibility index (Phi) is 4.62. The van der Waals surface area contributed by atoms with Crippen LogP contribution >= 0.6 is 0 Å². The highest BCUT2D eigenvalue weighted by atomic mass is 32.2. The number of carbonyl (C=O) groups excluding carboxylic acids is 1.